The van der Waals surface area contributed by atoms with Crippen LogP contribution in [0.1, 0.15) is 42.7 Å². The molecule has 4 heterocycles. The summed E-state index contributed by atoms with van der Waals surface area (Å²) in [4.78, 5) is 21.1. The molecule has 32 heavy (non-hydrogen) atoms. The minimum Gasteiger partial charge on any atom is -0.433 e. The fourth-order valence-corrected chi connectivity index (χ4v) is 5.79. The summed E-state index contributed by atoms with van der Waals surface area (Å²) >= 11 is 0. The number of nitrogens with zero attached hydrogens (tertiary/aromatic N) is 4. The van der Waals surface area contributed by atoms with E-state index in [-0.39, 0.29) is 28.7 Å². The first-order valence-corrected chi connectivity index (χ1v) is 11.6. The Hall–Kier alpha value is -3.15. The molecule has 0 aromatic carbocycles. The summed E-state index contributed by atoms with van der Waals surface area (Å²) in [6, 6.07) is 3.01. The minimum absolute atomic E-state index is 0.0263. The predicted molar refractivity (Wildman–Crippen MR) is 112 cm³/mol. The van der Waals surface area contributed by atoms with Crippen LogP contribution in [0.4, 0.5) is 8.78 Å². The lowest BCUT2D eigenvalue weighted by atomic mass is 10.0. The molecule has 9 nitrogen and oxygen atoms in total. The molecule has 0 radical (unpaired) electrons. The van der Waals surface area contributed by atoms with Crippen LogP contribution in [0.2, 0.25) is 0 Å². The molecule has 0 unspecified atom stereocenters. The standard InChI is InChI=1S/C20H21F2N5O4S/c1-11(2)16-15-4-12(18(28)25-20(3)9-32(29,30)10-20)6-24-17(15)27(26-16)13-5-14(8-23-7-13)31-19(21)22/h4-8,11,19H,9-10H2,1-3H3,(H,25,28). The van der Waals surface area contributed by atoms with Crippen LogP contribution in [-0.4, -0.2) is 57.7 Å². The van der Waals surface area contributed by atoms with Gasteiger partial charge in [0.25, 0.3) is 5.91 Å². The number of alkyl halides is 2. The maximum absolute atomic E-state index is 12.7. The Bertz CT molecular complexity index is 1290. The Labute approximate surface area is 182 Å². The smallest absolute Gasteiger partial charge is 0.387 e. The molecule has 3 aromatic heterocycles. The van der Waals surface area contributed by atoms with Crippen LogP contribution in [-0.2, 0) is 9.84 Å². The van der Waals surface area contributed by atoms with Gasteiger partial charge in [-0.1, -0.05) is 13.8 Å². The largest absolute Gasteiger partial charge is 0.433 e. The van der Waals surface area contributed by atoms with Gasteiger partial charge in [0.05, 0.1) is 46.4 Å². The van der Waals surface area contributed by atoms with E-state index in [0.29, 0.717) is 22.4 Å². The van der Waals surface area contributed by atoms with Gasteiger partial charge in [-0.25, -0.2) is 18.1 Å². The number of sulfone groups is 1. The van der Waals surface area contributed by atoms with Gasteiger partial charge >= 0.3 is 6.61 Å². The van der Waals surface area contributed by atoms with Gasteiger partial charge in [-0.15, -0.1) is 0 Å². The molecule has 0 saturated carbocycles. The number of aromatic nitrogens is 4. The van der Waals surface area contributed by atoms with Crippen molar-refractivity contribution < 1.29 is 26.7 Å². The Morgan fingerprint density at radius 2 is 1.94 bits per heavy atom. The zero-order chi connectivity index (χ0) is 23.3. The lowest BCUT2D eigenvalue weighted by molar-refractivity contribution is -0.0500. The first kappa shape index (κ1) is 22.1. The van der Waals surface area contributed by atoms with Crippen LogP contribution in [0.15, 0.2) is 30.7 Å². The summed E-state index contributed by atoms with van der Waals surface area (Å²) in [6.07, 6.45) is 3.97. The van der Waals surface area contributed by atoms with Crippen LogP contribution in [0, 0.1) is 0 Å². The van der Waals surface area contributed by atoms with Gasteiger partial charge < -0.3 is 10.1 Å². The second-order valence-electron chi connectivity index (χ2n) is 8.35. The molecule has 1 aliphatic heterocycles. The van der Waals surface area contributed by atoms with Gasteiger partial charge in [-0.2, -0.15) is 13.9 Å². The second kappa shape index (κ2) is 7.76. The highest BCUT2D eigenvalue weighted by Gasteiger charge is 2.45. The number of halogens is 2. The molecule has 1 amide bonds. The third-order valence-electron chi connectivity index (χ3n) is 5.02. The number of carbonyl (C=O) groups excluding carboxylic acids is 1. The highest BCUT2D eigenvalue weighted by atomic mass is 32.2. The average molecular weight is 465 g/mol. The van der Waals surface area contributed by atoms with Crippen LogP contribution in [0.25, 0.3) is 16.7 Å². The monoisotopic (exact) mass is 465 g/mol. The number of ether oxygens (including phenoxy) is 1. The number of hydrogen-bond acceptors (Lipinski definition) is 7. The Morgan fingerprint density at radius 3 is 2.56 bits per heavy atom. The van der Waals surface area contributed by atoms with Crippen molar-refractivity contribution in [2.75, 3.05) is 11.5 Å². The molecular formula is C20H21F2N5O4S. The summed E-state index contributed by atoms with van der Waals surface area (Å²) < 4.78 is 54.0. The Morgan fingerprint density at radius 1 is 1.22 bits per heavy atom. The SMILES string of the molecule is CC(C)c1nn(-c2cncc(OC(F)F)c2)c2ncc(C(=O)NC3(C)CS(=O)(=O)C3)cc12. The molecule has 0 aliphatic carbocycles. The normalized spacial score (nSPS) is 16.8. The van der Waals surface area contributed by atoms with E-state index >= 15 is 0 Å². The Balaban J connectivity index is 1.71. The zero-order valence-corrected chi connectivity index (χ0v) is 18.4. The van der Waals surface area contributed by atoms with Crippen LogP contribution in [0.3, 0.4) is 0 Å². The third kappa shape index (κ3) is 4.27. The first-order valence-electron chi connectivity index (χ1n) is 9.78. The second-order valence-corrected chi connectivity index (χ2v) is 10.4. The highest BCUT2D eigenvalue weighted by molar-refractivity contribution is 7.93. The molecule has 0 atom stereocenters. The average Bonchev–Trinajstić information content (AvgIpc) is 3.05. The van der Waals surface area contributed by atoms with E-state index < -0.39 is 27.9 Å². The lowest BCUT2D eigenvalue weighted by Crippen LogP contribution is -2.63. The molecule has 3 aromatic rings. The van der Waals surface area contributed by atoms with E-state index in [1.54, 1.807) is 13.0 Å². The van der Waals surface area contributed by atoms with E-state index in [4.69, 9.17) is 0 Å². The van der Waals surface area contributed by atoms with Crippen LogP contribution in [0.5, 0.6) is 5.75 Å². The molecule has 4 rings (SSSR count). The van der Waals surface area contributed by atoms with E-state index in [1.165, 1.54) is 29.3 Å². The minimum atomic E-state index is -3.11. The summed E-state index contributed by atoms with van der Waals surface area (Å²) in [6.45, 7) is 2.54. The van der Waals surface area contributed by atoms with Gasteiger partial charge in [-0.3, -0.25) is 9.78 Å². The lowest BCUT2D eigenvalue weighted by Gasteiger charge is -2.38. The molecule has 1 N–H and O–H groups in total. The third-order valence-corrected chi connectivity index (χ3v) is 7.17. The molecular weight excluding hydrogens is 444 g/mol. The molecule has 1 aliphatic rings. The maximum Gasteiger partial charge on any atom is 0.387 e. The number of rotatable bonds is 6. The quantitative estimate of drug-likeness (QED) is 0.594. The fourth-order valence-electron chi connectivity index (χ4n) is 3.79. The number of fused-ring (bicyclic) bond motifs is 1. The van der Waals surface area contributed by atoms with Gasteiger partial charge in [0.1, 0.15) is 5.75 Å². The summed E-state index contributed by atoms with van der Waals surface area (Å²) in [5, 5.41) is 7.93. The maximum atomic E-state index is 12.7. The molecule has 0 bridgehead atoms. The molecule has 12 heteroatoms. The predicted octanol–water partition coefficient (Wildman–Crippen LogP) is 2.46. The van der Waals surface area contributed by atoms with Gasteiger partial charge in [0, 0.05) is 17.6 Å². The van der Waals surface area contributed by atoms with Crippen molar-refractivity contribution in [2.24, 2.45) is 0 Å². The van der Waals surface area contributed by atoms with E-state index in [2.05, 4.69) is 25.1 Å². The van der Waals surface area contributed by atoms with Gasteiger partial charge in [-0.05, 0) is 18.9 Å². The molecule has 1 fully saturated rings. The number of amides is 1. The van der Waals surface area contributed by atoms with Crippen molar-refractivity contribution in [3.63, 3.8) is 0 Å². The van der Waals surface area contributed by atoms with Gasteiger partial charge in [0.2, 0.25) is 0 Å². The van der Waals surface area contributed by atoms with Crippen molar-refractivity contribution in [1.29, 1.82) is 0 Å². The topological polar surface area (TPSA) is 116 Å². The fraction of sp³-hybridized carbons (Fsp3) is 0.400. The van der Waals surface area contributed by atoms with Gasteiger partial charge in [0.15, 0.2) is 15.5 Å². The van der Waals surface area contributed by atoms with Crippen molar-refractivity contribution >= 4 is 26.8 Å². The summed E-state index contributed by atoms with van der Waals surface area (Å²) in [5.41, 5.74) is 0.889. The highest BCUT2D eigenvalue weighted by Crippen LogP contribution is 2.28. The first-order chi connectivity index (χ1) is 15.0. The van der Waals surface area contributed by atoms with Crippen molar-refractivity contribution in [3.05, 3.63) is 42.0 Å². The molecule has 1 saturated heterocycles. The number of hydrogen-bond donors (Lipinski definition) is 1. The van der Waals surface area contributed by atoms with Crippen LogP contribution >= 0.6 is 0 Å². The van der Waals surface area contributed by atoms with E-state index in [9.17, 15) is 22.0 Å². The number of nitrogens with one attached hydrogen (secondary N) is 1. The van der Waals surface area contributed by atoms with Crippen molar-refractivity contribution in [2.45, 2.75) is 38.8 Å². The van der Waals surface area contributed by atoms with Crippen LogP contribution < -0.4 is 10.1 Å². The molecule has 0 spiro atoms. The number of carbonyl (C=O) groups is 1. The van der Waals surface area contributed by atoms with E-state index in [1.807, 2.05) is 13.8 Å². The zero-order valence-electron chi connectivity index (χ0n) is 17.5. The Kier molecular flexibility index (Phi) is 5.35. The molecule has 170 valence electrons. The number of pyridine rings is 2. The summed E-state index contributed by atoms with van der Waals surface area (Å²) in [7, 11) is -3.11. The summed E-state index contributed by atoms with van der Waals surface area (Å²) in [5.74, 6) is -0.803. The van der Waals surface area contributed by atoms with Crippen molar-refractivity contribution in [3.8, 4) is 11.4 Å². The van der Waals surface area contributed by atoms with E-state index in [0.717, 1.165) is 0 Å². The van der Waals surface area contributed by atoms with Crippen molar-refractivity contribution in [1.82, 2.24) is 25.1 Å².